The Kier molecular flexibility index (Phi) is 6.13. The largest absolute Gasteiger partial charge is 0.497 e. The molecule has 0 radical (unpaired) electrons. The molecule has 1 saturated heterocycles. The number of anilines is 1. The van der Waals surface area contributed by atoms with E-state index in [1.807, 2.05) is 0 Å². The third-order valence-electron chi connectivity index (χ3n) is 5.35. The van der Waals surface area contributed by atoms with Gasteiger partial charge in [-0.3, -0.25) is 4.79 Å². The van der Waals surface area contributed by atoms with Crippen LogP contribution in [0.3, 0.4) is 0 Å². The maximum atomic E-state index is 13.1. The number of rotatable bonds is 6. The first-order valence-corrected chi connectivity index (χ1v) is 10.0. The maximum Gasteiger partial charge on any atom is 0.293 e. The number of carbonyl (C=O) groups excluding carboxylic acids is 1. The van der Waals surface area contributed by atoms with Crippen molar-refractivity contribution >= 4 is 11.6 Å². The molecule has 0 spiro atoms. The normalized spacial score (nSPS) is 15.1. The molecule has 1 aliphatic heterocycles. The fraction of sp³-hybridized carbons (Fsp3) is 0.318. The SMILES string of the molecule is COc1ccc([C@H](O)Cn2cnc(C(=O)N3CCN(c4ccc(F)cc4)CC3)n2)cc1. The second kappa shape index (κ2) is 9.13. The number of methoxy groups -OCH3 is 1. The Morgan fingerprint density at radius 3 is 2.42 bits per heavy atom. The molecule has 9 heteroatoms. The van der Waals surface area contributed by atoms with Crippen LogP contribution in [0.5, 0.6) is 5.75 Å². The minimum absolute atomic E-state index is 0.108. The second-order valence-corrected chi connectivity index (χ2v) is 7.33. The summed E-state index contributed by atoms with van der Waals surface area (Å²) in [6.07, 6.45) is 0.671. The molecule has 0 unspecified atom stereocenters. The second-order valence-electron chi connectivity index (χ2n) is 7.33. The van der Waals surface area contributed by atoms with Crippen molar-refractivity contribution in [3.8, 4) is 5.75 Å². The molecule has 1 atom stereocenters. The number of amides is 1. The van der Waals surface area contributed by atoms with Gasteiger partial charge in [0.2, 0.25) is 5.82 Å². The molecule has 3 aromatic rings. The highest BCUT2D eigenvalue weighted by Crippen LogP contribution is 2.20. The molecule has 0 saturated carbocycles. The lowest BCUT2D eigenvalue weighted by Crippen LogP contribution is -2.49. The van der Waals surface area contributed by atoms with E-state index >= 15 is 0 Å². The molecule has 1 fully saturated rings. The average molecular weight is 425 g/mol. The molecule has 4 rings (SSSR count). The Morgan fingerprint density at radius 1 is 1.10 bits per heavy atom. The molecule has 2 aromatic carbocycles. The van der Waals surface area contributed by atoms with Gasteiger partial charge in [-0.1, -0.05) is 12.1 Å². The summed E-state index contributed by atoms with van der Waals surface area (Å²) >= 11 is 0. The lowest BCUT2D eigenvalue weighted by molar-refractivity contribution is 0.0733. The summed E-state index contributed by atoms with van der Waals surface area (Å²) in [5, 5.41) is 14.7. The van der Waals surface area contributed by atoms with Crippen LogP contribution in [0.25, 0.3) is 0 Å². The van der Waals surface area contributed by atoms with Crippen molar-refractivity contribution in [3.63, 3.8) is 0 Å². The van der Waals surface area contributed by atoms with Crippen LogP contribution in [0.4, 0.5) is 10.1 Å². The van der Waals surface area contributed by atoms with Crippen LogP contribution in [0.2, 0.25) is 0 Å². The van der Waals surface area contributed by atoms with Crippen LogP contribution >= 0.6 is 0 Å². The smallest absolute Gasteiger partial charge is 0.293 e. The van der Waals surface area contributed by atoms with E-state index in [4.69, 9.17) is 4.74 Å². The first kappa shape index (κ1) is 20.8. The number of ether oxygens (including phenoxy) is 1. The number of benzene rings is 2. The maximum absolute atomic E-state index is 13.1. The van der Waals surface area contributed by atoms with Crippen LogP contribution in [-0.2, 0) is 6.54 Å². The monoisotopic (exact) mass is 425 g/mol. The summed E-state index contributed by atoms with van der Waals surface area (Å²) in [5.41, 5.74) is 1.66. The number of piperazine rings is 1. The summed E-state index contributed by atoms with van der Waals surface area (Å²) in [5.74, 6) is 0.314. The molecule has 1 amide bonds. The Hall–Kier alpha value is -3.46. The van der Waals surface area contributed by atoms with Gasteiger partial charge < -0.3 is 19.6 Å². The topological polar surface area (TPSA) is 83.7 Å². The highest BCUT2D eigenvalue weighted by molar-refractivity contribution is 5.90. The van der Waals surface area contributed by atoms with E-state index in [0.29, 0.717) is 31.9 Å². The Morgan fingerprint density at radius 2 is 1.77 bits per heavy atom. The van der Waals surface area contributed by atoms with E-state index in [-0.39, 0.29) is 24.1 Å². The van der Waals surface area contributed by atoms with Crippen LogP contribution in [0.1, 0.15) is 22.3 Å². The van der Waals surface area contributed by atoms with Crippen LogP contribution in [-0.4, -0.2) is 64.0 Å². The Labute approximate surface area is 179 Å². The number of hydrogen-bond acceptors (Lipinski definition) is 6. The number of nitrogens with zero attached hydrogens (tertiary/aromatic N) is 5. The lowest BCUT2D eigenvalue weighted by atomic mass is 10.1. The highest BCUT2D eigenvalue weighted by atomic mass is 19.1. The van der Waals surface area contributed by atoms with E-state index in [1.54, 1.807) is 48.4 Å². The van der Waals surface area contributed by atoms with Crippen LogP contribution < -0.4 is 9.64 Å². The number of aliphatic hydroxyl groups is 1. The van der Waals surface area contributed by atoms with Crippen LogP contribution in [0.15, 0.2) is 54.9 Å². The summed E-state index contributed by atoms with van der Waals surface area (Å²) < 4.78 is 19.7. The van der Waals surface area contributed by atoms with E-state index in [2.05, 4.69) is 15.0 Å². The molecule has 162 valence electrons. The van der Waals surface area contributed by atoms with Gasteiger partial charge in [-0.25, -0.2) is 14.1 Å². The quantitative estimate of drug-likeness (QED) is 0.651. The zero-order valence-corrected chi connectivity index (χ0v) is 17.2. The predicted octanol–water partition coefficient (Wildman–Crippen LogP) is 2.12. The van der Waals surface area contributed by atoms with E-state index in [0.717, 1.165) is 11.3 Å². The van der Waals surface area contributed by atoms with E-state index < -0.39 is 6.10 Å². The van der Waals surface area contributed by atoms with Gasteiger partial charge in [-0.15, -0.1) is 5.10 Å². The number of halogens is 1. The molecule has 2 heterocycles. The first-order chi connectivity index (χ1) is 15.0. The van der Waals surface area contributed by atoms with Crippen molar-refractivity contribution in [2.75, 3.05) is 38.2 Å². The molecule has 1 aliphatic rings. The minimum atomic E-state index is -0.783. The van der Waals surface area contributed by atoms with Gasteiger partial charge in [0.25, 0.3) is 5.91 Å². The highest BCUT2D eigenvalue weighted by Gasteiger charge is 2.25. The number of aliphatic hydroxyl groups excluding tert-OH is 1. The molecule has 0 aliphatic carbocycles. The van der Waals surface area contributed by atoms with Gasteiger partial charge in [-0.2, -0.15) is 0 Å². The van der Waals surface area contributed by atoms with Crippen LogP contribution in [0, 0.1) is 5.82 Å². The zero-order chi connectivity index (χ0) is 21.8. The summed E-state index contributed by atoms with van der Waals surface area (Å²) in [4.78, 5) is 20.7. The standard InChI is InChI=1S/C22H24FN5O3/c1-31-19-8-2-16(3-9-19)20(29)14-28-15-24-21(25-28)22(30)27-12-10-26(11-13-27)18-6-4-17(23)5-7-18/h2-9,15,20,29H,10-14H2,1H3/t20-/m1/s1. The summed E-state index contributed by atoms with van der Waals surface area (Å²) in [6, 6.07) is 13.5. The Balaban J connectivity index is 1.33. The molecule has 1 N–H and O–H groups in total. The molecule has 8 nitrogen and oxygen atoms in total. The van der Waals surface area contributed by atoms with Gasteiger partial charge in [0.1, 0.15) is 17.9 Å². The van der Waals surface area contributed by atoms with Gasteiger partial charge >= 0.3 is 0 Å². The third-order valence-corrected chi connectivity index (χ3v) is 5.35. The van der Waals surface area contributed by atoms with Gasteiger partial charge in [0, 0.05) is 31.9 Å². The number of hydrogen-bond donors (Lipinski definition) is 1. The molecule has 0 bridgehead atoms. The summed E-state index contributed by atoms with van der Waals surface area (Å²) in [7, 11) is 1.59. The minimum Gasteiger partial charge on any atom is -0.497 e. The molecule has 1 aromatic heterocycles. The van der Waals surface area contributed by atoms with Crippen molar-refractivity contribution in [3.05, 3.63) is 72.1 Å². The first-order valence-electron chi connectivity index (χ1n) is 10.0. The van der Waals surface area contributed by atoms with Crippen molar-refractivity contribution in [1.82, 2.24) is 19.7 Å². The predicted molar refractivity (Wildman–Crippen MR) is 112 cm³/mol. The van der Waals surface area contributed by atoms with Gasteiger partial charge in [0.05, 0.1) is 19.8 Å². The molecular weight excluding hydrogens is 401 g/mol. The third kappa shape index (κ3) is 4.83. The van der Waals surface area contributed by atoms with E-state index in [1.165, 1.54) is 23.1 Å². The lowest BCUT2D eigenvalue weighted by Gasteiger charge is -2.35. The molecule has 31 heavy (non-hydrogen) atoms. The van der Waals surface area contributed by atoms with Crippen molar-refractivity contribution in [2.24, 2.45) is 0 Å². The van der Waals surface area contributed by atoms with Crippen molar-refractivity contribution < 1.29 is 19.0 Å². The summed E-state index contributed by atoms with van der Waals surface area (Å²) in [6.45, 7) is 2.53. The van der Waals surface area contributed by atoms with Gasteiger partial charge in [0.15, 0.2) is 0 Å². The number of carbonyl (C=O) groups is 1. The van der Waals surface area contributed by atoms with E-state index in [9.17, 15) is 14.3 Å². The fourth-order valence-electron chi connectivity index (χ4n) is 3.55. The fourth-order valence-corrected chi connectivity index (χ4v) is 3.55. The van der Waals surface area contributed by atoms with Crippen molar-refractivity contribution in [1.29, 1.82) is 0 Å². The van der Waals surface area contributed by atoms with Gasteiger partial charge in [-0.05, 0) is 42.0 Å². The zero-order valence-electron chi connectivity index (χ0n) is 17.2. The average Bonchev–Trinajstić information content (AvgIpc) is 3.27. The molecular formula is C22H24FN5O3. The Bertz CT molecular complexity index is 1010. The van der Waals surface area contributed by atoms with Crippen molar-refractivity contribution in [2.45, 2.75) is 12.6 Å². The number of aromatic nitrogens is 3.